The summed E-state index contributed by atoms with van der Waals surface area (Å²) in [5.74, 6) is 0.939. The van der Waals surface area contributed by atoms with E-state index in [2.05, 4.69) is 26.0 Å². The molecule has 0 fully saturated rings. The maximum absolute atomic E-state index is 14.9. The van der Waals surface area contributed by atoms with Crippen molar-refractivity contribution in [3.8, 4) is 5.75 Å². The normalized spacial score (nSPS) is 13.1. The SMILES string of the molecule is CC(C)c1cc(C(C)C)c(S(=O)(=O)OS(c2ccccc2)(c2ccccc2)c2ccc(OC(C)(C)C)cc2)c(C(C)C)c1. The highest BCUT2D eigenvalue weighted by Gasteiger charge is 2.40. The van der Waals surface area contributed by atoms with E-state index < -0.39 is 20.4 Å². The topological polar surface area (TPSA) is 52.6 Å². The van der Waals surface area contributed by atoms with Gasteiger partial charge in [0.15, 0.2) is 0 Å². The molecule has 0 aliphatic carbocycles. The van der Waals surface area contributed by atoms with E-state index in [1.54, 1.807) is 0 Å². The van der Waals surface area contributed by atoms with Crippen molar-refractivity contribution in [2.45, 2.75) is 105 Å². The third kappa shape index (κ3) is 7.19. The lowest BCUT2D eigenvalue weighted by Gasteiger charge is -2.40. The molecule has 4 rings (SSSR count). The molecule has 0 amide bonds. The van der Waals surface area contributed by atoms with Gasteiger partial charge in [-0.05, 0) is 114 Å². The fourth-order valence-electron chi connectivity index (χ4n) is 5.15. The molecule has 43 heavy (non-hydrogen) atoms. The number of hydrogen-bond donors (Lipinski definition) is 0. The van der Waals surface area contributed by atoms with Gasteiger partial charge in [-0.2, -0.15) is 8.42 Å². The largest absolute Gasteiger partial charge is 0.488 e. The molecule has 6 heteroatoms. The molecule has 0 spiro atoms. The summed E-state index contributed by atoms with van der Waals surface area (Å²) in [5.41, 5.74) is 2.34. The molecule has 0 N–H and O–H groups in total. The van der Waals surface area contributed by atoms with Crippen LogP contribution in [0.3, 0.4) is 0 Å². The van der Waals surface area contributed by atoms with Crippen molar-refractivity contribution < 1.29 is 16.8 Å². The summed E-state index contributed by atoms with van der Waals surface area (Å²) in [6.45, 7) is 18.5. The molecular formula is C37H46O4S2. The lowest BCUT2D eigenvalue weighted by atomic mass is 9.89. The average Bonchev–Trinajstić information content (AvgIpc) is 2.95. The number of ether oxygens (including phenoxy) is 1. The van der Waals surface area contributed by atoms with E-state index in [0.29, 0.717) is 10.6 Å². The van der Waals surface area contributed by atoms with Crippen LogP contribution >= 0.6 is 10.3 Å². The van der Waals surface area contributed by atoms with E-state index in [1.807, 2.05) is 133 Å². The zero-order valence-corrected chi connectivity index (χ0v) is 28.6. The minimum Gasteiger partial charge on any atom is -0.488 e. The summed E-state index contributed by atoms with van der Waals surface area (Å²) in [4.78, 5) is 2.65. The highest BCUT2D eigenvalue weighted by Crippen LogP contribution is 2.70. The Morgan fingerprint density at radius 3 is 1.37 bits per heavy atom. The maximum Gasteiger partial charge on any atom is 0.307 e. The maximum atomic E-state index is 14.9. The molecule has 0 aliphatic rings. The minimum absolute atomic E-state index is 0.0174. The average molecular weight is 619 g/mol. The van der Waals surface area contributed by atoms with Gasteiger partial charge in [0.25, 0.3) is 0 Å². The lowest BCUT2D eigenvalue weighted by molar-refractivity contribution is 0.131. The molecule has 0 aromatic heterocycles. The van der Waals surface area contributed by atoms with E-state index in [1.165, 1.54) is 0 Å². The second-order valence-corrected chi connectivity index (χ2v) is 17.3. The van der Waals surface area contributed by atoms with Gasteiger partial charge in [0.1, 0.15) is 16.2 Å². The summed E-state index contributed by atoms with van der Waals surface area (Å²) < 4.78 is 42.8. The quantitative estimate of drug-likeness (QED) is 0.177. The first-order valence-electron chi connectivity index (χ1n) is 15.0. The molecule has 4 aromatic carbocycles. The van der Waals surface area contributed by atoms with Gasteiger partial charge in [0, 0.05) is 14.7 Å². The van der Waals surface area contributed by atoms with Crippen molar-refractivity contribution in [3.05, 3.63) is 114 Å². The predicted octanol–water partition coefficient (Wildman–Crippen LogP) is 10.8. The van der Waals surface area contributed by atoms with Gasteiger partial charge in [-0.15, -0.1) is 0 Å². The molecule has 230 valence electrons. The summed E-state index contributed by atoms with van der Waals surface area (Å²) >= 11 is 0. The minimum atomic E-state index is -4.29. The van der Waals surface area contributed by atoms with E-state index in [-0.39, 0.29) is 23.4 Å². The van der Waals surface area contributed by atoms with E-state index in [0.717, 1.165) is 31.4 Å². The van der Waals surface area contributed by atoms with Gasteiger partial charge in [0.05, 0.1) is 0 Å². The Hall–Kier alpha value is -3.06. The summed E-state index contributed by atoms with van der Waals surface area (Å²) in [6, 6.07) is 31.3. The molecule has 0 heterocycles. The Kier molecular flexibility index (Phi) is 9.85. The van der Waals surface area contributed by atoms with Gasteiger partial charge >= 0.3 is 10.1 Å². The van der Waals surface area contributed by atoms with Crippen LogP contribution in [0, 0.1) is 0 Å². The van der Waals surface area contributed by atoms with Gasteiger partial charge in [-0.1, -0.05) is 90.1 Å². The first-order valence-corrected chi connectivity index (χ1v) is 18.0. The first-order chi connectivity index (χ1) is 20.2. The Morgan fingerprint density at radius 1 is 0.581 bits per heavy atom. The lowest BCUT2D eigenvalue weighted by Crippen LogP contribution is -2.23. The second kappa shape index (κ2) is 12.9. The number of benzene rings is 4. The van der Waals surface area contributed by atoms with Crippen molar-refractivity contribution >= 4 is 20.4 Å². The molecule has 0 unspecified atom stereocenters. The molecule has 0 radical (unpaired) electrons. The smallest absolute Gasteiger partial charge is 0.307 e. The third-order valence-corrected chi connectivity index (χ3v) is 12.6. The van der Waals surface area contributed by atoms with E-state index in [4.69, 9.17) is 8.37 Å². The van der Waals surface area contributed by atoms with Crippen molar-refractivity contribution in [2.75, 3.05) is 0 Å². The fraction of sp³-hybridized carbons (Fsp3) is 0.351. The van der Waals surface area contributed by atoms with Crippen LogP contribution in [0.15, 0.2) is 117 Å². The van der Waals surface area contributed by atoms with Gasteiger partial charge in [-0.3, -0.25) is 0 Å². The summed E-state index contributed by atoms with van der Waals surface area (Å²) in [5, 5.41) is 0. The van der Waals surface area contributed by atoms with E-state index >= 15 is 0 Å². The van der Waals surface area contributed by atoms with E-state index in [9.17, 15) is 8.42 Å². The zero-order chi connectivity index (χ0) is 31.6. The molecule has 4 aromatic rings. The van der Waals surface area contributed by atoms with Crippen LogP contribution in [0.2, 0.25) is 0 Å². The standard InChI is InChI=1S/C37H46O4S2/c1-26(2)29-24-34(27(3)4)36(35(25-29)28(5)6)43(38,39)41-42(31-16-12-10-13-17-31,32-18-14-11-15-19-32)33-22-20-30(21-23-33)40-37(7,8)9/h10-28H,1-9H3. The number of hydrogen-bond acceptors (Lipinski definition) is 4. The van der Waals surface area contributed by atoms with Crippen LogP contribution in [0.1, 0.15) is 96.8 Å². The molecule has 0 aliphatic heterocycles. The second-order valence-electron chi connectivity index (χ2n) is 12.9. The Balaban J connectivity index is 2.04. The van der Waals surface area contributed by atoms with Crippen molar-refractivity contribution in [1.29, 1.82) is 0 Å². The molecule has 0 saturated heterocycles. The fourth-order valence-corrected chi connectivity index (χ4v) is 11.0. The molecular weight excluding hydrogens is 573 g/mol. The van der Waals surface area contributed by atoms with Crippen molar-refractivity contribution in [2.24, 2.45) is 0 Å². The Labute approximate surface area is 261 Å². The summed E-state index contributed by atoms with van der Waals surface area (Å²) in [6.07, 6.45) is 0. The van der Waals surface area contributed by atoms with Crippen molar-refractivity contribution in [1.82, 2.24) is 0 Å². The van der Waals surface area contributed by atoms with Gasteiger partial charge in [-0.25, -0.2) is 3.63 Å². The molecule has 4 nitrogen and oxygen atoms in total. The van der Waals surface area contributed by atoms with Crippen LogP contribution in [0.5, 0.6) is 5.75 Å². The van der Waals surface area contributed by atoms with Crippen LogP contribution in [0.4, 0.5) is 0 Å². The summed E-state index contributed by atoms with van der Waals surface area (Å²) in [7, 11) is -7.04. The monoisotopic (exact) mass is 618 g/mol. The van der Waals surface area contributed by atoms with Crippen LogP contribution < -0.4 is 4.74 Å². The Morgan fingerprint density at radius 2 is 1.00 bits per heavy atom. The zero-order valence-electron chi connectivity index (χ0n) is 26.9. The van der Waals surface area contributed by atoms with Gasteiger partial charge in [0.2, 0.25) is 0 Å². The van der Waals surface area contributed by atoms with Crippen molar-refractivity contribution in [3.63, 3.8) is 0 Å². The predicted molar refractivity (Wildman–Crippen MR) is 179 cm³/mol. The first kappa shape index (κ1) is 32.8. The number of rotatable bonds is 10. The molecule has 0 saturated carbocycles. The molecule has 0 bridgehead atoms. The Bertz CT molecular complexity index is 1550. The van der Waals surface area contributed by atoms with Crippen LogP contribution in [-0.2, 0) is 13.7 Å². The van der Waals surface area contributed by atoms with Crippen LogP contribution in [-0.4, -0.2) is 14.0 Å². The highest BCUT2D eigenvalue weighted by atomic mass is 32.3. The third-order valence-electron chi connectivity index (χ3n) is 7.25. The van der Waals surface area contributed by atoms with Crippen LogP contribution in [0.25, 0.3) is 0 Å². The molecule has 0 atom stereocenters. The highest BCUT2D eigenvalue weighted by molar-refractivity contribution is 8.33. The van der Waals surface area contributed by atoms with Gasteiger partial charge < -0.3 is 4.74 Å².